The van der Waals surface area contributed by atoms with Gasteiger partial charge in [0, 0.05) is 5.39 Å². The zero-order valence-corrected chi connectivity index (χ0v) is 16.3. The Kier molecular flexibility index (Phi) is 4.21. The van der Waals surface area contributed by atoms with Crippen LogP contribution in [-0.2, 0) is 9.59 Å². The van der Waals surface area contributed by atoms with Crippen LogP contribution in [0.2, 0.25) is 0 Å². The van der Waals surface area contributed by atoms with E-state index in [0.29, 0.717) is 22.0 Å². The van der Waals surface area contributed by atoms with Gasteiger partial charge in [-0.05, 0) is 31.2 Å². The molecule has 2 aromatic heterocycles. The summed E-state index contributed by atoms with van der Waals surface area (Å²) < 4.78 is 5.95. The molecule has 0 aliphatic carbocycles. The van der Waals surface area contributed by atoms with Gasteiger partial charge in [-0.1, -0.05) is 36.0 Å². The molecular formula is C21H16N4O3S. The highest BCUT2D eigenvalue weighted by Crippen LogP contribution is 2.36. The fourth-order valence-corrected chi connectivity index (χ4v) is 4.37. The lowest BCUT2D eigenvalue weighted by Gasteiger charge is -2.30. The zero-order chi connectivity index (χ0) is 20.0. The van der Waals surface area contributed by atoms with Crippen molar-refractivity contribution >= 4 is 57.0 Å². The maximum atomic E-state index is 13.2. The minimum absolute atomic E-state index is 0.00936. The highest BCUT2D eigenvalue weighted by molar-refractivity contribution is 8.00. The van der Waals surface area contributed by atoms with Gasteiger partial charge in [0.15, 0.2) is 5.58 Å². The maximum absolute atomic E-state index is 13.2. The Morgan fingerprint density at radius 3 is 2.86 bits per heavy atom. The van der Waals surface area contributed by atoms with Crippen LogP contribution in [0.15, 0.2) is 64.3 Å². The Bertz CT molecular complexity index is 1270. The summed E-state index contributed by atoms with van der Waals surface area (Å²) >= 11 is 1.30. The molecule has 4 aromatic rings. The van der Waals surface area contributed by atoms with Crippen LogP contribution in [0.1, 0.15) is 6.92 Å². The summed E-state index contributed by atoms with van der Waals surface area (Å²) in [4.78, 5) is 35.4. The van der Waals surface area contributed by atoms with Crippen molar-refractivity contribution in [3.63, 3.8) is 0 Å². The van der Waals surface area contributed by atoms with E-state index in [0.717, 1.165) is 16.5 Å². The van der Waals surface area contributed by atoms with Crippen LogP contribution in [-0.4, -0.2) is 33.6 Å². The first-order chi connectivity index (χ1) is 14.1. The second kappa shape index (κ2) is 6.89. The van der Waals surface area contributed by atoms with E-state index in [1.54, 1.807) is 13.0 Å². The molecule has 29 heavy (non-hydrogen) atoms. The number of thioether (sulfide) groups is 1. The van der Waals surface area contributed by atoms with Crippen molar-refractivity contribution in [1.82, 2.24) is 9.97 Å². The Morgan fingerprint density at radius 2 is 1.97 bits per heavy atom. The molecule has 0 saturated carbocycles. The van der Waals surface area contributed by atoms with E-state index in [9.17, 15) is 9.59 Å². The Hall–Kier alpha value is -3.39. The number of fused-ring (bicyclic) bond motifs is 4. The molecule has 3 heterocycles. The van der Waals surface area contributed by atoms with Crippen LogP contribution in [0, 0.1) is 0 Å². The van der Waals surface area contributed by atoms with E-state index in [1.807, 2.05) is 42.5 Å². The van der Waals surface area contributed by atoms with Crippen molar-refractivity contribution in [2.24, 2.45) is 0 Å². The number of anilines is 2. The van der Waals surface area contributed by atoms with Crippen molar-refractivity contribution < 1.29 is 14.0 Å². The molecular weight excluding hydrogens is 388 g/mol. The number of nitrogens with zero attached hydrogens (tertiary/aromatic N) is 3. The number of carbonyl (C=O) groups is 2. The predicted molar refractivity (Wildman–Crippen MR) is 112 cm³/mol. The zero-order valence-electron chi connectivity index (χ0n) is 15.5. The lowest BCUT2D eigenvalue weighted by atomic mass is 10.2. The number of hydrogen-bond donors (Lipinski definition) is 1. The molecule has 1 aliphatic heterocycles. The minimum Gasteiger partial charge on any atom is -0.451 e. The standard InChI is InChI=1S/C21H16N4O3S/c1-12(21(27)25-10-17(26)24-14-7-3-4-8-15(14)25)29-20-19-18(22-11-23-20)13-6-2-5-9-16(13)28-19/h2-9,11-12H,10H2,1H3,(H,24,26)/t12-/m0/s1. The fourth-order valence-electron chi connectivity index (χ4n) is 3.45. The highest BCUT2D eigenvalue weighted by atomic mass is 32.2. The van der Waals surface area contributed by atoms with E-state index in [2.05, 4.69) is 15.3 Å². The molecule has 2 amide bonds. The Labute approximate surface area is 170 Å². The van der Waals surface area contributed by atoms with Crippen LogP contribution in [0.5, 0.6) is 0 Å². The van der Waals surface area contributed by atoms with Gasteiger partial charge in [0.1, 0.15) is 29.0 Å². The number of carbonyl (C=O) groups excluding carboxylic acids is 2. The van der Waals surface area contributed by atoms with Gasteiger partial charge in [0.25, 0.3) is 0 Å². The van der Waals surface area contributed by atoms with Gasteiger partial charge in [0.2, 0.25) is 11.8 Å². The number of nitrogens with one attached hydrogen (secondary N) is 1. The van der Waals surface area contributed by atoms with Gasteiger partial charge in [-0.2, -0.15) is 0 Å². The van der Waals surface area contributed by atoms with Gasteiger partial charge in [-0.15, -0.1) is 0 Å². The summed E-state index contributed by atoms with van der Waals surface area (Å²) in [6, 6.07) is 14.9. The van der Waals surface area contributed by atoms with E-state index in [4.69, 9.17) is 4.42 Å². The fraction of sp³-hybridized carbons (Fsp3) is 0.143. The highest BCUT2D eigenvalue weighted by Gasteiger charge is 2.30. The van der Waals surface area contributed by atoms with Crippen LogP contribution >= 0.6 is 11.8 Å². The molecule has 2 aromatic carbocycles. The smallest absolute Gasteiger partial charge is 0.244 e. The molecule has 7 nitrogen and oxygen atoms in total. The number of rotatable bonds is 3. The van der Waals surface area contributed by atoms with E-state index in [-0.39, 0.29) is 18.4 Å². The molecule has 0 fully saturated rings. The summed E-state index contributed by atoms with van der Waals surface area (Å²) in [5.41, 5.74) is 3.35. The topological polar surface area (TPSA) is 88.3 Å². The molecule has 5 rings (SSSR count). The van der Waals surface area contributed by atoms with Gasteiger partial charge >= 0.3 is 0 Å². The Balaban J connectivity index is 1.47. The van der Waals surface area contributed by atoms with Crippen LogP contribution < -0.4 is 10.2 Å². The molecule has 1 aliphatic rings. The lowest BCUT2D eigenvalue weighted by molar-refractivity contribution is -0.121. The average molecular weight is 404 g/mol. The third-order valence-electron chi connectivity index (χ3n) is 4.80. The molecule has 0 saturated heterocycles. The second-order valence-electron chi connectivity index (χ2n) is 6.70. The van der Waals surface area contributed by atoms with Gasteiger partial charge in [-0.25, -0.2) is 9.97 Å². The number of furan rings is 1. The van der Waals surface area contributed by atoms with E-state index < -0.39 is 5.25 Å². The summed E-state index contributed by atoms with van der Waals surface area (Å²) in [7, 11) is 0. The van der Waals surface area contributed by atoms with Crippen molar-refractivity contribution in [2.75, 3.05) is 16.8 Å². The van der Waals surface area contributed by atoms with Crippen LogP contribution in [0.25, 0.3) is 22.1 Å². The number of para-hydroxylation sites is 3. The monoisotopic (exact) mass is 404 g/mol. The molecule has 0 unspecified atom stereocenters. The van der Waals surface area contributed by atoms with Crippen molar-refractivity contribution in [1.29, 1.82) is 0 Å². The quantitative estimate of drug-likeness (QED) is 0.412. The van der Waals surface area contributed by atoms with E-state index in [1.165, 1.54) is 23.0 Å². The number of benzene rings is 2. The van der Waals surface area contributed by atoms with Crippen LogP contribution in [0.4, 0.5) is 11.4 Å². The number of aromatic nitrogens is 2. The second-order valence-corrected chi connectivity index (χ2v) is 8.03. The van der Waals surface area contributed by atoms with Crippen molar-refractivity contribution in [3.05, 3.63) is 54.9 Å². The number of hydrogen-bond acceptors (Lipinski definition) is 6. The summed E-state index contributed by atoms with van der Waals surface area (Å²) in [5, 5.41) is 3.83. The van der Waals surface area contributed by atoms with Crippen LogP contribution in [0.3, 0.4) is 0 Å². The third-order valence-corrected chi connectivity index (χ3v) is 5.87. The van der Waals surface area contributed by atoms with Crippen molar-refractivity contribution in [3.8, 4) is 0 Å². The molecule has 1 N–H and O–H groups in total. The average Bonchev–Trinajstić information content (AvgIpc) is 3.12. The molecule has 0 radical (unpaired) electrons. The lowest BCUT2D eigenvalue weighted by Crippen LogP contribution is -2.45. The first kappa shape index (κ1) is 17.7. The largest absolute Gasteiger partial charge is 0.451 e. The van der Waals surface area contributed by atoms with E-state index >= 15 is 0 Å². The van der Waals surface area contributed by atoms with Gasteiger partial charge in [0.05, 0.1) is 16.6 Å². The molecule has 1 atom stereocenters. The third kappa shape index (κ3) is 3.01. The summed E-state index contributed by atoms with van der Waals surface area (Å²) in [6.45, 7) is 1.79. The van der Waals surface area contributed by atoms with Gasteiger partial charge in [-0.3, -0.25) is 14.5 Å². The summed E-state index contributed by atoms with van der Waals surface area (Å²) in [6.07, 6.45) is 1.48. The normalized spacial score (nSPS) is 14.7. The molecule has 144 valence electrons. The minimum atomic E-state index is -0.472. The number of amides is 2. The SMILES string of the molecule is C[C@H](Sc1ncnc2c1oc1ccccc12)C(=O)N1CC(=O)Nc2ccccc21. The molecule has 0 spiro atoms. The first-order valence-corrected chi connectivity index (χ1v) is 9.99. The Morgan fingerprint density at radius 1 is 1.17 bits per heavy atom. The molecule has 8 heteroatoms. The van der Waals surface area contributed by atoms with Gasteiger partial charge < -0.3 is 9.73 Å². The first-order valence-electron chi connectivity index (χ1n) is 9.11. The maximum Gasteiger partial charge on any atom is 0.244 e. The summed E-state index contributed by atoms with van der Waals surface area (Å²) in [5.74, 6) is -0.379. The predicted octanol–water partition coefficient (Wildman–Crippen LogP) is 3.84. The molecule has 0 bridgehead atoms. The van der Waals surface area contributed by atoms with Crippen molar-refractivity contribution in [2.45, 2.75) is 17.2 Å².